The number of hydrogen-bond donors (Lipinski definition) is 0. The van der Waals surface area contributed by atoms with Gasteiger partial charge in [0.2, 0.25) is 0 Å². The summed E-state index contributed by atoms with van der Waals surface area (Å²) in [5.74, 6) is -0.227. The number of benzene rings is 8. The number of carbonyl (C=O) groups excluding carboxylic acids is 1. The normalized spacial score (nSPS) is 14.2. The van der Waals surface area contributed by atoms with Gasteiger partial charge in [-0.1, -0.05) is 362 Å². The standard InChI is InChI=1S/C127H134N8OS6/c1-10-18-26-34-46-83-62-84(47-35-27-19-11-2)67-95(66-83)126(96-68-85(48-36-28-20-12-3)63-86(69-96)49-37-29-21-13-4)107-76-109(103-60-58-91(115-117(103)134-141-132-115)74-105-82(9)99-54-42-43-55-100(99)111(105)93(78-128)79-129)137-120(107)122-113(126)124-125(139-122)114-123(140-124)121-108(77-110(138-121)104-61-59-92(116-118(104)135-142-133-116)75-106-112(94(80-130)81-131)101-56-44-45-57-102(101)119(106)136)127(114,97-70-87(50-38-30-22-14-5)64-88(71-97)51-39-31-23-15-6)98-72-89(52-40-32-24-16-7)65-90(73-98)53-41-33-25-17-8/h42-45,54-77H,9-41,46-53H2,1-8H3/b105-74+,106-75-. The third-order valence-electron chi connectivity index (χ3n) is 30.5. The van der Waals surface area contributed by atoms with Crippen molar-refractivity contribution >= 4 is 135 Å². The molecule has 0 amide bonds. The SMILES string of the molecule is C=C1/C(=C\c2ccc(-c3cc4c(s3)-c3sc5c6c(sc5c3C4(c3cc(CCCCCC)cc(CCCCCC)c3)c3cc(CCCCCC)cc(CCCCCC)c3)-c3sc(-c4ccc(/C=C5\C(=O)c7ccccc7C5=C(C#N)C#N)c5nsnc45)cc3C6(c3cc(CCCCCC)cc(CCCCCC)c3)c3cc(CCCCCC)cc(CCCCCC)c3)c3nsnc23)C(=C(C#N)C#N)c2ccccc21. The summed E-state index contributed by atoms with van der Waals surface area (Å²) in [6, 6.07) is 70.5. The summed E-state index contributed by atoms with van der Waals surface area (Å²) in [5, 5.41) is 42.5. The van der Waals surface area contributed by atoms with Crippen LogP contribution in [0.25, 0.3) is 101 Å². The Balaban J connectivity index is 0.973. The van der Waals surface area contributed by atoms with Gasteiger partial charge in [0.25, 0.3) is 0 Å². The van der Waals surface area contributed by atoms with Crippen molar-refractivity contribution in [2.75, 3.05) is 0 Å². The molecule has 0 N–H and O–H groups in total. The number of fused-ring (bicyclic) bond motifs is 13. The molecule has 4 aliphatic rings. The molecule has 142 heavy (non-hydrogen) atoms. The Kier molecular flexibility index (Phi) is 33.1. The molecule has 8 aromatic carbocycles. The van der Waals surface area contributed by atoms with Gasteiger partial charge in [0.05, 0.1) is 63.2 Å². The molecule has 0 saturated heterocycles. The highest BCUT2D eigenvalue weighted by Crippen LogP contribution is 2.72. The topological polar surface area (TPSA) is 164 Å². The lowest BCUT2D eigenvalue weighted by Crippen LogP contribution is -2.30. The number of ketones is 1. The Morgan fingerprint density at radius 1 is 0.310 bits per heavy atom. The first-order valence-corrected chi connectivity index (χ1v) is 58.4. The highest BCUT2D eigenvalue weighted by molar-refractivity contribution is 7.35. The zero-order chi connectivity index (χ0) is 98.4. The fourth-order valence-corrected chi connectivity index (χ4v) is 30.4. The van der Waals surface area contributed by atoms with E-state index in [4.69, 9.17) is 17.5 Å². The lowest BCUT2D eigenvalue weighted by molar-refractivity contribution is 0.104. The van der Waals surface area contributed by atoms with E-state index in [1.165, 1.54) is 295 Å². The van der Waals surface area contributed by atoms with Gasteiger partial charge in [-0.3, -0.25) is 4.79 Å². The summed E-state index contributed by atoms with van der Waals surface area (Å²) in [5.41, 5.74) is 32.7. The number of rotatable bonds is 48. The van der Waals surface area contributed by atoms with E-state index in [2.05, 4.69) is 224 Å². The Hall–Kier alpha value is -11.2. The first-order chi connectivity index (χ1) is 69.7. The number of nitrogens with zero attached hydrogens (tertiary/aromatic N) is 8. The summed E-state index contributed by atoms with van der Waals surface area (Å²) in [4.78, 5) is 22.4. The van der Waals surface area contributed by atoms with Crippen LogP contribution in [0, 0.1) is 45.3 Å². The van der Waals surface area contributed by atoms with Crippen LogP contribution in [0.4, 0.5) is 0 Å². The van der Waals surface area contributed by atoms with Gasteiger partial charge in [0, 0.05) is 65.4 Å². The lowest BCUT2D eigenvalue weighted by Gasteiger charge is -2.35. The predicted octanol–water partition coefficient (Wildman–Crippen LogP) is 37.1. The van der Waals surface area contributed by atoms with E-state index in [1.54, 1.807) is 6.07 Å². The molecule has 0 fully saturated rings. The number of unbranched alkanes of at least 4 members (excludes halogenated alkanes) is 24. The van der Waals surface area contributed by atoms with Crippen LogP contribution in [-0.4, -0.2) is 23.3 Å². The molecule has 0 spiro atoms. The van der Waals surface area contributed by atoms with Crippen molar-refractivity contribution in [3.05, 3.63) is 309 Å². The first-order valence-electron chi connectivity index (χ1n) is 53.7. The molecule has 6 aromatic heterocycles. The highest BCUT2D eigenvalue weighted by atomic mass is 32.1. The Bertz CT molecular complexity index is 6630. The van der Waals surface area contributed by atoms with Crippen molar-refractivity contribution in [2.24, 2.45) is 0 Å². The second-order valence-electron chi connectivity index (χ2n) is 40.4. The van der Waals surface area contributed by atoms with Crippen LogP contribution in [0.15, 0.2) is 187 Å². The molecule has 0 atom stereocenters. The number of thiophene rings is 4. The van der Waals surface area contributed by atoms with Gasteiger partial charge in [-0.2, -0.15) is 38.5 Å². The third kappa shape index (κ3) is 19.9. The largest absolute Gasteiger partial charge is 0.289 e. The second kappa shape index (κ2) is 46.7. The molecule has 724 valence electrons. The van der Waals surface area contributed by atoms with Crippen molar-refractivity contribution in [1.29, 1.82) is 21.0 Å². The maximum atomic E-state index is 14.8. The van der Waals surface area contributed by atoms with E-state index in [-0.39, 0.29) is 16.9 Å². The Morgan fingerprint density at radius 3 is 0.901 bits per heavy atom. The van der Waals surface area contributed by atoms with Crippen LogP contribution in [0.5, 0.6) is 0 Å². The van der Waals surface area contributed by atoms with Crippen LogP contribution >= 0.6 is 68.8 Å². The van der Waals surface area contributed by atoms with E-state index in [9.17, 15) is 25.8 Å². The summed E-state index contributed by atoms with van der Waals surface area (Å²) in [6.45, 7) is 23.4. The molecule has 14 aromatic rings. The smallest absolute Gasteiger partial charge is 0.194 e. The quantitative estimate of drug-likeness (QED) is 0.0205. The van der Waals surface area contributed by atoms with Crippen molar-refractivity contribution in [3.63, 3.8) is 0 Å². The Morgan fingerprint density at radius 2 is 0.592 bits per heavy atom. The van der Waals surface area contributed by atoms with Gasteiger partial charge >= 0.3 is 0 Å². The minimum atomic E-state index is -0.857. The molecule has 4 aliphatic carbocycles. The van der Waals surface area contributed by atoms with Gasteiger partial charge in [0.1, 0.15) is 57.5 Å². The van der Waals surface area contributed by atoms with Crippen LogP contribution in [0.2, 0.25) is 0 Å². The summed E-state index contributed by atoms with van der Waals surface area (Å²) >= 11 is 10.5. The number of hydrogen-bond acceptors (Lipinski definition) is 15. The van der Waals surface area contributed by atoms with Crippen LogP contribution in [0.1, 0.15) is 388 Å². The fraction of sp³-hybridized carbons (Fsp3) is 0.394. The number of aryl methyl sites for hydroxylation is 8. The molecule has 0 unspecified atom stereocenters. The fourth-order valence-electron chi connectivity index (χ4n) is 23.3. The van der Waals surface area contributed by atoms with Crippen LogP contribution in [0.3, 0.4) is 0 Å². The summed E-state index contributed by atoms with van der Waals surface area (Å²) in [6.07, 6.45) is 49.3. The van der Waals surface area contributed by atoms with Gasteiger partial charge in [-0.25, -0.2) is 0 Å². The summed E-state index contributed by atoms with van der Waals surface area (Å²) in [7, 11) is 0. The molecular weight excluding hydrogens is 1850 g/mol. The number of nitriles is 4. The molecule has 0 bridgehead atoms. The molecule has 0 saturated carbocycles. The zero-order valence-corrected chi connectivity index (χ0v) is 89.5. The van der Waals surface area contributed by atoms with E-state index in [0.29, 0.717) is 38.9 Å². The maximum absolute atomic E-state index is 14.8. The number of Topliss-reactive ketones (excluding diaryl/α,β-unsaturated/α-hetero) is 1. The average Bonchev–Trinajstić information content (AvgIpc) is 1.48. The predicted molar refractivity (Wildman–Crippen MR) is 604 cm³/mol. The highest BCUT2D eigenvalue weighted by Gasteiger charge is 2.56. The average molecular weight is 1980 g/mol. The van der Waals surface area contributed by atoms with Gasteiger partial charge < -0.3 is 0 Å². The van der Waals surface area contributed by atoms with Crippen LogP contribution in [-0.2, 0) is 62.2 Å². The van der Waals surface area contributed by atoms with Gasteiger partial charge in [-0.15, -0.1) is 45.3 Å². The van der Waals surface area contributed by atoms with Crippen molar-refractivity contribution in [3.8, 4) is 64.7 Å². The van der Waals surface area contributed by atoms with E-state index < -0.39 is 10.8 Å². The minimum Gasteiger partial charge on any atom is -0.289 e. The molecule has 18 rings (SSSR count). The molecule has 0 aliphatic heterocycles. The summed E-state index contributed by atoms with van der Waals surface area (Å²) < 4.78 is 23.8. The number of carbonyl (C=O) groups is 1. The van der Waals surface area contributed by atoms with Crippen molar-refractivity contribution in [1.82, 2.24) is 17.5 Å². The minimum absolute atomic E-state index is 0.0538. The van der Waals surface area contributed by atoms with E-state index in [0.717, 1.165) is 168 Å². The number of allylic oxidation sites excluding steroid dienone is 7. The van der Waals surface area contributed by atoms with Gasteiger partial charge in [0.15, 0.2) is 5.78 Å². The second-order valence-corrected chi connectivity index (χ2v) is 45.6. The maximum Gasteiger partial charge on any atom is 0.194 e. The Labute approximate surface area is 867 Å². The third-order valence-corrected chi connectivity index (χ3v) is 36.8. The molecule has 15 heteroatoms. The first kappa shape index (κ1) is 101. The molecule has 6 heterocycles. The van der Waals surface area contributed by atoms with E-state index >= 15 is 0 Å². The molecule has 0 radical (unpaired) electrons. The van der Waals surface area contributed by atoms with Crippen molar-refractivity contribution < 1.29 is 4.79 Å². The lowest BCUT2D eigenvalue weighted by atomic mass is 9.65. The zero-order valence-electron chi connectivity index (χ0n) is 84.6. The molecule has 9 nitrogen and oxygen atoms in total. The van der Waals surface area contributed by atoms with Crippen LogP contribution < -0.4 is 0 Å². The van der Waals surface area contributed by atoms with E-state index in [1.807, 2.05) is 71.2 Å². The molecular formula is C127H134N8OS6. The van der Waals surface area contributed by atoms with Crippen molar-refractivity contribution in [2.45, 2.75) is 323 Å². The van der Waals surface area contributed by atoms with Gasteiger partial charge in [-0.05, 0) is 233 Å². The monoisotopic (exact) mass is 1980 g/mol. The number of aromatic nitrogens is 4.